The van der Waals surface area contributed by atoms with Crippen molar-refractivity contribution in [1.29, 1.82) is 0 Å². The largest absolute Gasteiger partial charge is 0.595 e. The minimum atomic E-state index is -1.20. The molecule has 4 heterocycles. The molecule has 172 valence electrons. The molecule has 11 nitrogen and oxygen atoms in total. The third kappa shape index (κ3) is 3.96. The number of tetrazole rings is 1. The maximum Gasteiger partial charge on any atom is 0.315 e. The number of carbonyl (C=O) groups excluding carboxylic acids is 1. The van der Waals surface area contributed by atoms with E-state index in [9.17, 15) is 20.0 Å². The van der Waals surface area contributed by atoms with Crippen LogP contribution in [0.1, 0.15) is 56.6 Å². The van der Waals surface area contributed by atoms with Crippen LogP contribution in [0.25, 0.3) is 0 Å². The zero-order valence-electron chi connectivity index (χ0n) is 18.0. The van der Waals surface area contributed by atoms with Crippen LogP contribution in [0.3, 0.4) is 0 Å². The lowest BCUT2D eigenvalue weighted by Gasteiger charge is -2.44. The third-order valence-electron chi connectivity index (χ3n) is 7.52. The second kappa shape index (κ2) is 8.38. The molecular weight excluding hydrogens is 414 g/mol. The van der Waals surface area contributed by atoms with Gasteiger partial charge in [0.05, 0.1) is 6.54 Å². The van der Waals surface area contributed by atoms with Crippen LogP contribution in [-0.2, 0) is 17.9 Å². The van der Waals surface area contributed by atoms with Crippen molar-refractivity contribution in [3.63, 3.8) is 0 Å². The van der Waals surface area contributed by atoms with Crippen molar-refractivity contribution in [1.82, 2.24) is 29.7 Å². The van der Waals surface area contributed by atoms with Gasteiger partial charge in [0, 0.05) is 43.7 Å². The lowest BCUT2D eigenvalue weighted by atomic mass is 9.71. The number of rotatable bonds is 5. The summed E-state index contributed by atoms with van der Waals surface area (Å²) in [6.07, 6.45) is 8.44. The van der Waals surface area contributed by atoms with Gasteiger partial charge in [-0.3, -0.25) is 9.59 Å². The second-order valence-electron chi connectivity index (χ2n) is 9.73. The summed E-state index contributed by atoms with van der Waals surface area (Å²) in [6.45, 7) is 2.30. The smallest absolute Gasteiger partial charge is 0.315 e. The van der Waals surface area contributed by atoms with E-state index in [1.54, 1.807) is 21.6 Å². The van der Waals surface area contributed by atoms with Gasteiger partial charge >= 0.3 is 5.56 Å². The van der Waals surface area contributed by atoms with Crippen LogP contribution >= 0.6 is 0 Å². The van der Waals surface area contributed by atoms with E-state index in [-0.39, 0.29) is 28.8 Å². The van der Waals surface area contributed by atoms with E-state index in [2.05, 4.69) is 15.5 Å². The Morgan fingerprint density at radius 3 is 2.75 bits per heavy atom. The van der Waals surface area contributed by atoms with Crippen molar-refractivity contribution in [2.45, 2.75) is 64.0 Å². The first-order valence-corrected chi connectivity index (χ1v) is 11.4. The van der Waals surface area contributed by atoms with E-state index in [1.165, 1.54) is 12.5 Å². The highest BCUT2D eigenvalue weighted by Gasteiger charge is 2.41. The molecule has 2 aromatic rings. The maximum atomic E-state index is 13.5. The highest BCUT2D eigenvalue weighted by Crippen LogP contribution is 2.42. The average molecular weight is 444 g/mol. The fourth-order valence-corrected chi connectivity index (χ4v) is 6.03. The molecule has 32 heavy (non-hydrogen) atoms. The van der Waals surface area contributed by atoms with Crippen LogP contribution in [0.5, 0.6) is 0 Å². The molecule has 3 aliphatic rings. The molecule has 2 aromatic heterocycles. The monoisotopic (exact) mass is 443 g/mol. The van der Waals surface area contributed by atoms with E-state index >= 15 is 0 Å². The van der Waals surface area contributed by atoms with E-state index in [4.69, 9.17) is 0 Å². The molecule has 1 amide bonds. The fraction of sp³-hybridized carbons (Fsp3) is 0.667. The molecule has 1 aliphatic carbocycles. The van der Waals surface area contributed by atoms with Crippen molar-refractivity contribution in [3.8, 4) is 0 Å². The summed E-state index contributed by atoms with van der Waals surface area (Å²) < 4.78 is 3.36. The van der Waals surface area contributed by atoms with Crippen molar-refractivity contribution < 1.29 is 15.2 Å². The Morgan fingerprint density at radius 2 is 2.03 bits per heavy atom. The first kappa shape index (κ1) is 21.2. The predicted octanol–water partition coefficient (Wildman–Crippen LogP) is 0.225. The number of pyridine rings is 1. The first-order valence-electron chi connectivity index (χ1n) is 11.4. The highest BCUT2D eigenvalue weighted by atomic mass is 16.8. The van der Waals surface area contributed by atoms with Crippen LogP contribution in [0.4, 0.5) is 5.69 Å². The van der Waals surface area contributed by atoms with Crippen LogP contribution in [0.15, 0.2) is 23.3 Å². The molecule has 2 N–H and O–H groups in total. The summed E-state index contributed by atoms with van der Waals surface area (Å²) in [7, 11) is 0. The van der Waals surface area contributed by atoms with Crippen LogP contribution in [0.2, 0.25) is 0 Å². The Labute approximate surface area is 185 Å². The average Bonchev–Trinajstić information content (AvgIpc) is 3.27. The van der Waals surface area contributed by atoms with E-state index in [0.717, 1.165) is 37.8 Å². The summed E-state index contributed by atoms with van der Waals surface area (Å²) in [5, 5.41) is 30.9. The van der Waals surface area contributed by atoms with E-state index < -0.39 is 10.8 Å². The van der Waals surface area contributed by atoms with E-state index in [1.807, 2.05) is 4.90 Å². The molecule has 11 heteroatoms. The molecule has 1 saturated carbocycles. The Balaban J connectivity index is 1.34. The molecule has 0 radical (unpaired) electrons. The zero-order valence-corrected chi connectivity index (χ0v) is 18.0. The van der Waals surface area contributed by atoms with E-state index in [0.29, 0.717) is 32.6 Å². The number of nitrogens with one attached hydrogen (secondary N) is 1. The van der Waals surface area contributed by atoms with Gasteiger partial charge in [0.2, 0.25) is 11.6 Å². The Morgan fingerprint density at radius 1 is 1.22 bits per heavy atom. The number of hydrogen-bond donors (Lipinski definition) is 2. The lowest BCUT2D eigenvalue weighted by molar-refractivity contribution is -0.992. The van der Waals surface area contributed by atoms with Gasteiger partial charge < -0.3 is 14.7 Å². The summed E-state index contributed by atoms with van der Waals surface area (Å²) in [5.74, 6) is 0.380. The predicted molar refractivity (Wildman–Crippen MR) is 112 cm³/mol. The van der Waals surface area contributed by atoms with Gasteiger partial charge in [-0.05, 0) is 47.1 Å². The second-order valence-corrected chi connectivity index (χ2v) is 9.73. The van der Waals surface area contributed by atoms with Gasteiger partial charge in [-0.15, -0.1) is 5.10 Å². The number of aromatic nitrogens is 5. The normalized spacial score (nSPS) is 25.2. The molecular formula is C21H29N7O4. The van der Waals surface area contributed by atoms with Crippen molar-refractivity contribution in [2.24, 2.45) is 11.3 Å². The van der Waals surface area contributed by atoms with Crippen LogP contribution < -0.4 is 10.8 Å². The number of hydrogen-bond acceptors (Lipinski definition) is 7. The van der Waals surface area contributed by atoms with Crippen molar-refractivity contribution in [2.75, 3.05) is 13.1 Å². The van der Waals surface area contributed by atoms with Crippen LogP contribution in [-0.4, -0.2) is 53.9 Å². The molecule has 1 saturated heterocycles. The fourth-order valence-electron chi connectivity index (χ4n) is 6.03. The van der Waals surface area contributed by atoms with Crippen LogP contribution in [0, 0.1) is 16.5 Å². The number of quaternary nitrogens is 1. The molecule has 2 fully saturated rings. The van der Waals surface area contributed by atoms with Gasteiger partial charge in [-0.2, -0.15) is 5.23 Å². The number of carbonyl (C=O) groups is 1. The van der Waals surface area contributed by atoms with Gasteiger partial charge in [-0.25, -0.2) is 9.89 Å². The Bertz CT molecular complexity index is 1030. The minimum Gasteiger partial charge on any atom is -0.595 e. The number of amides is 1. The number of piperidine rings is 1. The lowest BCUT2D eigenvalue weighted by Crippen LogP contribution is -3.00. The summed E-state index contributed by atoms with van der Waals surface area (Å²) >= 11 is 0. The molecule has 0 aromatic carbocycles. The molecule has 5 rings (SSSR count). The summed E-state index contributed by atoms with van der Waals surface area (Å²) in [6, 6.07) is 3.15. The van der Waals surface area contributed by atoms with Gasteiger partial charge in [-0.1, -0.05) is 19.3 Å². The standard InChI is InChI=1S/C21H29N7O4/c29-19(9-21(6-2-1-3-7-21)13-26-14-22-23-24-26)25-10-15-8-16(12-25)17-4-5-18(28(31)32)20(30)27(17)11-15/h4-5,14-16,28,31H,1-3,6-13H2/t15-,16+/m1/s1. The van der Waals surface area contributed by atoms with Gasteiger partial charge in [0.1, 0.15) is 6.33 Å². The van der Waals surface area contributed by atoms with Gasteiger partial charge in [0.15, 0.2) is 0 Å². The molecule has 2 bridgehead atoms. The number of fused-ring (bicyclic) bond motifs is 4. The first-order chi connectivity index (χ1) is 15.4. The maximum absolute atomic E-state index is 13.5. The Kier molecular flexibility index (Phi) is 5.56. The van der Waals surface area contributed by atoms with Crippen molar-refractivity contribution in [3.05, 3.63) is 39.7 Å². The molecule has 3 atom stereocenters. The summed E-state index contributed by atoms with van der Waals surface area (Å²) in [5.41, 5.74) is 0.0908. The number of likely N-dealkylation sites (tertiary alicyclic amines) is 1. The third-order valence-corrected chi connectivity index (χ3v) is 7.52. The molecule has 0 spiro atoms. The van der Waals surface area contributed by atoms with Crippen molar-refractivity contribution >= 4 is 11.6 Å². The highest BCUT2D eigenvalue weighted by molar-refractivity contribution is 5.77. The number of nitrogens with zero attached hydrogens (tertiary/aromatic N) is 6. The topological polar surface area (TPSA) is 134 Å². The van der Waals surface area contributed by atoms with Gasteiger partial charge in [0.25, 0.3) is 0 Å². The molecule has 1 unspecified atom stereocenters. The zero-order chi connectivity index (χ0) is 22.3. The minimum absolute atomic E-state index is 0.0591. The molecule has 2 aliphatic heterocycles. The Hall–Kier alpha value is -2.63. The quantitative estimate of drug-likeness (QED) is 0.632. The SMILES string of the molecule is O=C(CC1(Cn2cnnn2)CCCCC1)N1C[C@H]2C[C@@H](C1)c1ccc([NH+]([O-])O)c(=O)n1C2. The summed E-state index contributed by atoms with van der Waals surface area (Å²) in [4.78, 5) is 28.1.